The van der Waals surface area contributed by atoms with Gasteiger partial charge in [0.15, 0.2) is 5.82 Å². The quantitative estimate of drug-likeness (QED) is 0.739. The lowest BCUT2D eigenvalue weighted by molar-refractivity contribution is 0.0697. The van der Waals surface area contributed by atoms with Gasteiger partial charge >= 0.3 is 5.97 Å². The zero-order valence-electron chi connectivity index (χ0n) is 12.2. The molecule has 0 amide bonds. The number of pyridine rings is 1. The number of rotatable bonds is 3. The summed E-state index contributed by atoms with van der Waals surface area (Å²) in [7, 11) is 0. The molecule has 0 saturated heterocycles. The first kappa shape index (κ1) is 13.9. The van der Waals surface area contributed by atoms with Gasteiger partial charge in [-0.15, -0.1) is 10.2 Å². The van der Waals surface area contributed by atoms with Crippen molar-refractivity contribution in [1.82, 2.24) is 9.38 Å². The van der Waals surface area contributed by atoms with Crippen molar-refractivity contribution in [3.8, 4) is 0 Å². The van der Waals surface area contributed by atoms with Crippen LogP contribution in [0, 0.1) is 13.8 Å². The zero-order chi connectivity index (χ0) is 15.7. The van der Waals surface area contributed by atoms with E-state index in [2.05, 4.69) is 15.2 Å². The van der Waals surface area contributed by atoms with Gasteiger partial charge in [0.25, 0.3) is 0 Å². The number of aryl methyl sites for hydroxylation is 2. The fraction of sp³-hybridized carbons (Fsp3) is 0.125. The van der Waals surface area contributed by atoms with E-state index >= 15 is 0 Å². The molecule has 0 aliphatic rings. The summed E-state index contributed by atoms with van der Waals surface area (Å²) >= 11 is 0. The Morgan fingerprint density at radius 1 is 1.18 bits per heavy atom. The largest absolute Gasteiger partial charge is 0.478 e. The highest BCUT2D eigenvalue weighted by Crippen LogP contribution is 2.24. The Bertz CT molecular complexity index is 896. The second-order valence-corrected chi connectivity index (χ2v) is 5.01. The first-order valence-corrected chi connectivity index (χ1v) is 6.75. The summed E-state index contributed by atoms with van der Waals surface area (Å²) in [4.78, 5) is 15.3. The van der Waals surface area contributed by atoms with Crippen LogP contribution in [0.4, 0.5) is 11.5 Å². The number of carbonyl (C=O) groups is 1. The summed E-state index contributed by atoms with van der Waals surface area (Å²) in [5.74, 6) is -0.389. The van der Waals surface area contributed by atoms with E-state index in [1.54, 1.807) is 10.6 Å². The van der Waals surface area contributed by atoms with Crippen molar-refractivity contribution in [2.75, 3.05) is 0 Å². The van der Waals surface area contributed by atoms with Gasteiger partial charge in [-0.1, -0.05) is 12.1 Å². The number of aromatic nitrogens is 2. The minimum Gasteiger partial charge on any atom is -0.478 e. The van der Waals surface area contributed by atoms with Gasteiger partial charge in [-0.2, -0.15) is 0 Å². The van der Waals surface area contributed by atoms with Gasteiger partial charge in [0, 0.05) is 6.20 Å². The standard InChI is InChI=1S/C16H14N4O2/c1-10-4-3-5-13(8-10)18-19-15-11(2)17-14-9-12(16(21)22)6-7-20(14)15/h3-9H,1-2H3,(H,21,22). The summed E-state index contributed by atoms with van der Waals surface area (Å²) in [6.07, 6.45) is 1.64. The van der Waals surface area contributed by atoms with E-state index in [0.717, 1.165) is 11.3 Å². The lowest BCUT2D eigenvalue weighted by Crippen LogP contribution is -1.97. The predicted octanol–water partition coefficient (Wildman–Crippen LogP) is 4.06. The summed E-state index contributed by atoms with van der Waals surface area (Å²) in [5.41, 5.74) is 3.29. The molecule has 0 unspecified atom stereocenters. The maximum absolute atomic E-state index is 11.0. The second kappa shape index (κ2) is 5.40. The van der Waals surface area contributed by atoms with Crippen molar-refractivity contribution < 1.29 is 9.90 Å². The summed E-state index contributed by atoms with van der Waals surface area (Å²) < 4.78 is 1.72. The highest BCUT2D eigenvalue weighted by molar-refractivity contribution is 5.88. The summed E-state index contributed by atoms with van der Waals surface area (Å²) in [6, 6.07) is 10.8. The third-order valence-electron chi connectivity index (χ3n) is 3.28. The number of azo groups is 1. The van der Waals surface area contributed by atoms with Gasteiger partial charge in [0.1, 0.15) is 5.65 Å². The van der Waals surface area contributed by atoms with Crippen molar-refractivity contribution in [2.24, 2.45) is 10.2 Å². The molecule has 110 valence electrons. The lowest BCUT2D eigenvalue weighted by Gasteiger charge is -1.98. The number of fused-ring (bicyclic) bond motifs is 1. The van der Waals surface area contributed by atoms with Gasteiger partial charge in [-0.05, 0) is 43.7 Å². The van der Waals surface area contributed by atoms with E-state index in [-0.39, 0.29) is 5.56 Å². The molecule has 6 nitrogen and oxygen atoms in total. The van der Waals surface area contributed by atoms with E-state index in [1.807, 2.05) is 38.1 Å². The average molecular weight is 294 g/mol. The Morgan fingerprint density at radius 2 is 2.00 bits per heavy atom. The molecule has 0 aliphatic carbocycles. The highest BCUT2D eigenvalue weighted by Gasteiger charge is 2.11. The predicted molar refractivity (Wildman–Crippen MR) is 82.2 cm³/mol. The van der Waals surface area contributed by atoms with Crippen LogP contribution in [-0.4, -0.2) is 20.5 Å². The van der Waals surface area contributed by atoms with Gasteiger partial charge in [-0.25, -0.2) is 9.78 Å². The van der Waals surface area contributed by atoms with E-state index in [9.17, 15) is 4.79 Å². The molecular formula is C16H14N4O2. The van der Waals surface area contributed by atoms with Crippen molar-refractivity contribution in [2.45, 2.75) is 13.8 Å². The molecule has 0 bridgehead atoms. The van der Waals surface area contributed by atoms with Crippen LogP contribution in [0.15, 0.2) is 52.8 Å². The maximum atomic E-state index is 11.0. The van der Waals surface area contributed by atoms with Gasteiger partial charge in [0.05, 0.1) is 16.9 Å². The number of benzene rings is 1. The molecular weight excluding hydrogens is 280 g/mol. The minimum absolute atomic E-state index is 0.194. The van der Waals surface area contributed by atoms with Crippen LogP contribution in [0.3, 0.4) is 0 Å². The van der Waals surface area contributed by atoms with E-state index < -0.39 is 5.97 Å². The minimum atomic E-state index is -0.980. The Balaban J connectivity index is 2.03. The van der Waals surface area contributed by atoms with Crippen LogP contribution in [0.2, 0.25) is 0 Å². The monoisotopic (exact) mass is 294 g/mol. The Kier molecular flexibility index (Phi) is 3.42. The number of imidazole rings is 1. The van der Waals surface area contributed by atoms with Gasteiger partial charge in [0.2, 0.25) is 0 Å². The van der Waals surface area contributed by atoms with Crippen LogP contribution < -0.4 is 0 Å². The number of nitrogens with zero attached hydrogens (tertiary/aromatic N) is 4. The number of aromatic carboxylic acids is 1. The van der Waals surface area contributed by atoms with Crippen LogP contribution in [-0.2, 0) is 0 Å². The molecule has 3 rings (SSSR count). The molecule has 1 N–H and O–H groups in total. The van der Waals surface area contributed by atoms with Crippen LogP contribution >= 0.6 is 0 Å². The SMILES string of the molecule is Cc1cccc(N=Nc2c(C)nc3cc(C(=O)O)ccn23)c1. The van der Waals surface area contributed by atoms with Crippen molar-refractivity contribution in [3.63, 3.8) is 0 Å². The molecule has 0 atom stereocenters. The third kappa shape index (κ3) is 2.58. The number of hydrogen-bond acceptors (Lipinski definition) is 4. The molecule has 2 heterocycles. The molecule has 0 radical (unpaired) electrons. The van der Waals surface area contributed by atoms with E-state index in [1.165, 1.54) is 12.1 Å². The lowest BCUT2D eigenvalue weighted by atomic mass is 10.2. The molecule has 0 fully saturated rings. The van der Waals surface area contributed by atoms with E-state index in [0.29, 0.717) is 17.2 Å². The second-order valence-electron chi connectivity index (χ2n) is 5.01. The van der Waals surface area contributed by atoms with Crippen molar-refractivity contribution in [3.05, 3.63) is 59.4 Å². The van der Waals surface area contributed by atoms with Gasteiger partial charge in [-0.3, -0.25) is 4.40 Å². The fourth-order valence-electron chi connectivity index (χ4n) is 2.20. The molecule has 0 aliphatic heterocycles. The molecule has 0 spiro atoms. The number of carboxylic acids is 1. The van der Waals surface area contributed by atoms with Crippen molar-refractivity contribution in [1.29, 1.82) is 0 Å². The normalized spacial score (nSPS) is 11.4. The molecule has 2 aromatic heterocycles. The average Bonchev–Trinajstić information content (AvgIpc) is 2.79. The molecule has 6 heteroatoms. The van der Waals surface area contributed by atoms with Crippen molar-refractivity contribution >= 4 is 23.1 Å². The molecule has 22 heavy (non-hydrogen) atoms. The topological polar surface area (TPSA) is 79.3 Å². The first-order valence-electron chi connectivity index (χ1n) is 6.75. The molecule has 0 saturated carbocycles. The maximum Gasteiger partial charge on any atom is 0.335 e. The smallest absolute Gasteiger partial charge is 0.335 e. The first-order chi connectivity index (χ1) is 10.5. The third-order valence-corrected chi connectivity index (χ3v) is 3.28. The molecule has 1 aromatic carbocycles. The van der Waals surface area contributed by atoms with Crippen LogP contribution in [0.1, 0.15) is 21.6 Å². The van der Waals surface area contributed by atoms with E-state index in [4.69, 9.17) is 5.11 Å². The Labute approximate surface area is 126 Å². The Hall–Kier alpha value is -3.02. The van der Waals surface area contributed by atoms with Gasteiger partial charge < -0.3 is 5.11 Å². The summed E-state index contributed by atoms with van der Waals surface area (Å²) in [6.45, 7) is 3.81. The highest BCUT2D eigenvalue weighted by atomic mass is 16.4. The Morgan fingerprint density at radius 3 is 2.73 bits per heavy atom. The van der Waals surface area contributed by atoms with Crippen LogP contribution in [0.25, 0.3) is 5.65 Å². The number of hydrogen-bond donors (Lipinski definition) is 1. The van der Waals surface area contributed by atoms with Crippen LogP contribution in [0.5, 0.6) is 0 Å². The fourth-order valence-corrected chi connectivity index (χ4v) is 2.20. The zero-order valence-corrected chi connectivity index (χ0v) is 12.2. The summed E-state index contributed by atoms with van der Waals surface area (Å²) in [5, 5.41) is 17.5. The molecule has 3 aromatic rings. The number of carboxylic acid groups (broad SMARTS) is 1.